The Balaban J connectivity index is 2.31. The highest BCUT2D eigenvalue weighted by molar-refractivity contribution is 4.81. The van der Waals surface area contributed by atoms with Crippen molar-refractivity contribution in [1.29, 1.82) is 0 Å². The molecule has 1 N–H and O–H groups in total. The van der Waals surface area contributed by atoms with Crippen LogP contribution >= 0.6 is 0 Å². The number of hydrogen-bond donors (Lipinski definition) is 1. The van der Waals surface area contributed by atoms with Gasteiger partial charge >= 0.3 is 0 Å². The van der Waals surface area contributed by atoms with E-state index >= 15 is 0 Å². The lowest BCUT2D eigenvalue weighted by Crippen LogP contribution is -2.48. The fraction of sp³-hybridized carbons (Fsp3) is 1.00. The van der Waals surface area contributed by atoms with Gasteiger partial charge in [0.25, 0.3) is 0 Å². The van der Waals surface area contributed by atoms with Crippen LogP contribution in [0.15, 0.2) is 0 Å². The highest BCUT2D eigenvalue weighted by atomic mass is 15.2. The molecular formula is C15H32N2. The number of nitrogens with zero attached hydrogens (tertiary/aromatic N) is 1. The molecule has 1 rings (SSSR count). The van der Waals surface area contributed by atoms with Crippen molar-refractivity contribution in [2.24, 2.45) is 11.8 Å². The summed E-state index contributed by atoms with van der Waals surface area (Å²) < 4.78 is 0. The van der Waals surface area contributed by atoms with E-state index < -0.39 is 0 Å². The molecule has 0 aromatic heterocycles. The third-order valence-electron chi connectivity index (χ3n) is 4.22. The van der Waals surface area contributed by atoms with Crippen LogP contribution in [0.1, 0.15) is 53.9 Å². The summed E-state index contributed by atoms with van der Waals surface area (Å²) in [5.74, 6) is 1.50. The number of nitrogens with one attached hydrogen (secondary N) is 1. The monoisotopic (exact) mass is 240 g/mol. The highest BCUT2D eigenvalue weighted by Crippen LogP contribution is 2.22. The molecule has 0 saturated carbocycles. The topological polar surface area (TPSA) is 15.3 Å². The average molecular weight is 240 g/mol. The van der Waals surface area contributed by atoms with Gasteiger partial charge in [-0.15, -0.1) is 0 Å². The van der Waals surface area contributed by atoms with Crippen LogP contribution in [0.2, 0.25) is 0 Å². The Morgan fingerprint density at radius 3 is 2.41 bits per heavy atom. The molecule has 1 fully saturated rings. The third kappa shape index (κ3) is 4.97. The van der Waals surface area contributed by atoms with Crippen molar-refractivity contribution < 1.29 is 0 Å². The minimum atomic E-state index is 0.713. The first-order valence-electron chi connectivity index (χ1n) is 7.48. The second kappa shape index (κ2) is 7.38. The van der Waals surface area contributed by atoms with E-state index in [-0.39, 0.29) is 0 Å². The number of likely N-dealkylation sites (tertiary alicyclic amines) is 1. The van der Waals surface area contributed by atoms with E-state index in [1.54, 1.807) is 0 Å². The van der Waals surface area contributed by atoms with Crippen molar-refractivity contribution in [1.82, 2.24) is 10.2 Å². The lowest BCUT2D eigenvalue weighted by molar-refractivity contribution is 0.0836. The molecule has 0 spiro atoms. The van der Waals surface area contributed by atoms with Gasteiger partial charge < -0.3 is 5.32 Å². The number of hydrogen-bond acceptors (Lipinski definition) is 2. The van der Waals surface area contributed by atoms with E-state index in [1.807, 2.05) is 0 Å². The molecule has 1 aliphatic rings. The van der Waals surface area contributed by atoms with E-state index in [1.165, 1.54) is 25.8 Å². The van der Waals surface area contributed by atoms with Gasteiger partial charge in [-0.25, -0.2) is 0 Å². The van der Waals surface area contributed by atoms with Gasteiger partial charge in [0, 0.05) is 12.1 Å². The van der Waals surface area contributed by atoms with Gasteiger partial charge in [-0.05, 0) is 58.2 Å². The van der Waals surface area contributed by atoms with Crippen LogP contribution in [0.4, 0.5) is 0 Å². The van der Waals surface area contributed by atoms with Gasteiger partial charge in [0.05, 0.1) is 0 Å². The van der Waals surface area contributed by atoms with Gasteiger partial charge in [-0.2, -0.15) is 0 Å². The minimum absolute atomic E-state index is 0.713. The number of piperidine rings is 1. The average Bonchev–Trinajstić information content (AvgIpc) is 2.28. The molecule has 0 aromatic carbocycles. The summed E-state index contributed by atoms with van der Waals surface area (Å²) in [5, 5.41) is 3.59. The zero-order valence-electron chi connectivity index (χ0n) is 12.5. The summed E-state index contributed by atoms with van der Waals surface area (Å²) in [4.78, 5) is 2.71. The second-order valence-corrected chi connectivity index (χ2v) is 6.35. The zero-order valence-corrected chi connectivity index (χ0v) is 12.5. The summed E-state index contributed by atoms with van der Waals surface area (Å²) in [6, 6.07) is 1.50. The van der Waals surface area contributed by atoms with Crippen LogP contribution in [-0.4, -0.2) is 36.6 Å². The Labute approximate surface area is 108 Å². The van der Waals surface area contributed by atoms with E-state index in [0.717, 1.165) is 31.0 Å². The van der Waals surface area contributed by atoms with Gasteiger partial charge in [0.15, 0.2) is 0 Å². The third-order valence-corrected chi connectivity index (χ3v) is 4.22. The van der Waals surface area contributed by atoms with Crippen molar-refractivity contribution in [2.45, 2.75) is 66.0 Å². The first-order valence-corrected chi connectivity index (χ1v) is 7.48. The molecule has 1 saturated heterocycles. The lowest BCUT2D eigenvalue weighted by Gasteiger charge is -2.40. The van der Waals surface area contributed by atoms with Gasteiger partial charge in [-0.1, -0.05) is 27.2 Å². The molecule has 1 aliphatic heterocycles. The minimum Gasteiger partial charge on any atom is -0.316 e. The van der Waals surface area contributed by atoms with Crippen molar-refractivity contribution in [3.63, 3.8) is 0 Å². The summed E-state index contributed by atoms with van der Waals surface area (Å²) in [6.45, 7) is 15.3. The zero-order chi connectivity index (χ0) is 12.8. The molecule has 0 aliphatic carbocycles. The van der Waals surface area contributed by atoms with Gasteiger partial charge in [-0.3, -0.25) is 4.90 Å². The summed E-state index contributed by atoms with van der Waals surface area (Å²) in [5.41, 5.74) is 0. The van der Waals surface area contributed by atoms with E-state index in [0.29, 0.717) is 6.04 Å². The van der Waals surface area contributed by atoms with E-state index in [4.69, 9.17) is 0 Å². The predicted octanol–water partition coefficient (Wildman–Crippen LogP) is 3.13. The van der Waals surface area contributed by atoms with Crippen LogP contribution in [-0.2, 0) is 0 Å². The molecule has 102 valence electrons. The van der Waals surface area contributed by atoms with E-state index in [2.05, 4.69) is 44.8 Å². The SMILES string of the molecule is CC(C)CNCC(C)C(C)N1CCCCC1C. The Morgan fingerprint density at radius 2 is 1.82 bits per heavy atom. The van der Waals surface area contributed by atoms with Crippen LogP contribution < -0.4 is 5.32 Å². The first kappa shape index (κ1) is 15.0. The van der Waals surface area contributed by atoms with Crippen LogP contribution in [0.25, 0.3) is 0 Å². The molecular weight excluding hydrogens is 208 g/mol. The molecule has 3 unspecified atom stereocenters. The fourth-order valence-corrected chi connectivity index (χ4v) is 2.82. The highest BCUT2D eigenvalue weighted by Gasteiger charge is 2.26. The van der Waals surface area contributed by atoms with Gasteiger partial charge in [0.2, 0.25) is 0 Å². The molecule has 1 heterocycles. The van der Waals surface area contributed by atoms with Crippen LogP contribution in [0, 0.1) is 11.8 Å². The summed E-state index contributed by atoms with van der Waals surface area (Å²) >= 11 is 0. The van der Waals surface area contributed by atoms with Crippen LogP contribution in [0.5, 0.6) is 0 Å². The maximum Gasteiger partial charge on any atom is 0.0107 e. The maximum absolute atomic E-state index is 3.59. The van der Waals surface area contributed by atoms with Gasteiger partial charge in [0.1, 0.15) is 0 Å². The number of rotatable bonds is 6. The smallest absolute Gasteiger partial charge is 0.0107 e. The standard InChI is InChI=1S/C15H32N2/c1-12(2)10-16-11-13(3)15(5)17-9-7-6-8-14(17)4/h12-16H,6-11H2,1-5H3. The van der Waals surface area contributed by atoms with Crippen molar-refractivity contribution in [3.8, 4) is 0 Å². The molecule has 17 heavy (non-hydrogen) atoms. The molecule has 2 heteroatoms. The molecule has 0 radical (unpaired) electrons. The lowest BCUT2D eigenvalue weighted by atomic mass is 9.95. The summed E-state index contributed by atoms with van der Waals surface area (Å²) in [6.07, 6.45) is 4.20. The Hall–Kier alpha value is -0.0800. The first-order chi connectivity index (χ1) is 8.02. The van der Waals surface area contributed by atoms with Crippen molar-refractivity contribution >= 4 is 0 Å². The maximum atomic E-state index is 3.59. The van der Waals surface area contributed by atoms with Crippen LogP contribution in [0.3, 0.4) is 0 Å². The Kier molecular flexibility index (Phi) is 6.50. The molecule has 2 nitrogen and oxygen atoms in total. The quantitative estimate of drug-likeness (QED) is 0.767. The second-order valence-electron chi connectivity index (χ2n) is 6.35. The molecule has 0 amide bonds. The Morgan fingerprint density at radius 1 is 1.12 bits per heavy atom. The Bertz CT molecular complexity index is 203. The predicted molar refractivity (Wildman–Crippen MR) is 76.4 cm³/mol. The van der Waals surface area contributed by atoms with Crippen molar-refractivity contribution in [3.05, 3.63) is 0 Å². The fourth-order valence-electron chi connectivity index (χ4n) is 2.82. The largest absolute Gasteiger partial charge is 0.316 e. The molecule has 3 atom stereocenters. The molecule has 0 bridgehead atoms. The summed E-state index contributed by atoms with van der Waals surface area (Å²) in [7, 11) is 0. The van der Waals surface area contributed by atoms with Crippen molar-refractivity contribution in [2.75, 3.05) is 19.6 Å². The molecule has 0 aromatic rings. The van der Waals surface area contributed by atoms with E-state index in [9.17, 15) is 0 Å². The normalized spacial score (nSPS) is 26.1.